The second kappa shape index (κ2) is 10.2. The normalized spacial score (nSPS) is 11.6. The lowest BCUT2D eigenvalue weighted by Gasteiger charge is -2.11. The molecule has 0 unspecified atom stereocenters. The Kier molecular flexibility index (Phi) is 5.78. The molecule has 4 heteroatoms. The van der Waals surface area contributed by atoms with Crippen molar-refractivity contribution < 1.29 is 0 Å². The third-order valence-electron chi connectivity index (χ3n) is 8.60. The summed E-state index contributed by atoms with van der Waals surface area (Å²) in [5.74, 6) is 1.96. The molecule has 6 aromatic carbocycles. The van der Waals surface area contributed by atoms with E-state index < -0.39 is 0 Å². The van der Waals surface area contributed by atoms with E-state index in [9.17, 15) is 0 Å². The van der Waals surface area contributed by atoms with Crippen molar-refractivity contribution in [1.82, 2.24) is 19.4 Å². The molecular formula is C41H26N4. The van der Waals surface area contributed by atoms with Gasteiger partial charge in [0.2, 0.25) is 0 Å². The zero-order valence-corrected chi connectivity index (χ0v) is 24.3. The molecule has 4 nitrogen and oxygen atoms in total. The first-order valence-corrected chi connectivity index (χ1v) is 15.1. The van der Waals surface area contributed by atoms with Crippen LogP contribution < -0.4 is 0 Å². The van der Waals surface area contributed by atoms with Crippen molar-refractivity contribution in [2.75, 3.05) is 0 Å². The van der Waals surface area contributed by atoms with Gasteiger partial charge in [0.05, 0.1) is 16.6 Å². The molecule has 210 valence electrons. The first kappa shape index (κ1) is 25.4. The van der Waals surface area contributed by atoms with Crippen molar-refractivity contribution in [3.63, 3.8) is 0 Å². The summed E-state index contributed by atoms with van der Waals surface area (Å²) in [6.07, 6.45) is 0. The highest BCUT2D eigenvalue weighted by Gasteiger charge is 2.21. The third kappa shape index (κ3) is 4.11. The SMILES string of the molecule is c1ccc(-c2nc(-c3ccccc3)nc(-c3ccc4c(c3)c(-c3ccccc3)c3c5ccccc5c5ccccc5n43)n2)cc1. The van der Waals surface area contributed by atoms with E-state index in [0.29, 0.717) is 17.5 Å². The summed E-state index contributed by atoms with van der Waals surface area (Å²) in [5, 5.41) is 4.87. The number of pyridine rings is 1. The van der Waals surface area contributed by atoms with E-state index >= 15 is 0 Å². The van der Waals surface area contributed by atoms with Crippen molar-refractivity contribution in [3.05, 3.63) is 158 Å². The van der Waals surface area contributed by atoms with Crippen LogP contribution in [0.3, 0.4) is 0 Å². The molecule has 0 amide bonds. The predicted octanol–water partition coefficient (Wildman–Crippen LogP) is 10.3. The number of para-hydroxylation sites is 1. The fraction of sp³-hybridized carbons (Fsp3) is 0. The molecule has 9 rings (SSSR count). The predicted molar refractivity (Wildman–Crippen MR) is 185 cm³/mol. The van der Waals surface area contributed by atoms with Crippen molar-refractivity contribution in [2.24, 2.45) is 0 Å². The Labute approximate surface area is 259 Å². The van der Waals surface area contributed by atoms with Gasteiger partial charge in [0.1, 0.15) is 0 Å². The lowest BCUT2D eigenvalue weighted by Crippen LogP contribution is -2.00. The Balaban J connectivity index is 1.39. The Morgan fingerprint density at radius 2 is 0.800 bits per heavy atom. The zero-order chi connectivity index (χ0) is 29.7. The van der Waals surface area contributed by atoms with Gasteiger partial charge in [-0.1, -0.05) is 133 Å². The Morgan fingerprint density at radius 3 is 1.42 bits per heavy atom. The molecule has 0 saturated carbocycles. The number of aromatic nitrogens is 4. The quantitative estimate of drug-likeness (QED) is 0.196. The lowest BCUT2D eigenvalue weighted by molar-refractivity contribution is 1.07. The molecule has 0 fully saturated rings. The minimum absolute atomic E-state index is 0.647. The van der Waals surface area contributed by atoms with E-state index in [1.54, 1.807) is 0 Å². The van der Waals surface area contributed by atoms with Crippen molar-refractivity contribution in [3.8, 4) is 45.3 Å². The number of rotatable bonds is 4. The summed E-state index contributed by atoms with van der Waals surface area (Å²) in [6.45, 7) is 0. The zero-order valence-electron chi connectivity index (χ0n) is 24.3. The first-order chi connectivity index (χ1) is 22.3. The Morgan fingerprint density at radius 1 is 0.333 bits per heavy atom. The summed E-state index contributed by atoms with van der Waals surface area (Å²) in [7, 11) is 0. The topological polar surface area (TPSA) is 43.1 Å². The molecule has 3 aromatic heterocycles. The van der Waals surface area contributed by atoms with Crippen LogP contribution >= 0.6 is 0 Å². The van der Waals surface area contributed by atoms with Crippen LogP contribution in [-0.2, 0) is 0 Å². The van der Waals surface area contributed by atoms with Crippen molar-refractivity contribution in [2.45, 2.75) is 0 Å². The third-order valence-corrected chi connectivity index (χ3v) is 8.60. The first-order valence-electron chi connectivity index (χ1n) is 15.1. The van der Waals surface area contributed by atoms with Crippen LogP contribution in [0.2, 0.25) is 0 Å². The minimum atomic E-state index is 0.647. The molecular weight excluding hydrogens is 548 g/mol. The molecule has 45 heavy (non-hydrogen) atoms. The van der Waals surface area contributed by atoms with Gasteiger partial charge in [0.15, 0.2) is 17.5 Å². The molecule has 9 aromatic rings. The van der Waals surface area contributed by atoms with Gasteiger partial charge in [-0.2, -0.15) is 0 Å². The van der Waals surface area contributed by atoms with Gasteiger partial charge in [-0.15, -0.1) is 0 Å². The summed E-state index contributed by atoms with van der Waals surface area (Å²) >= 11 is 0. The lowest BCUT2D eigenvalue weighted by atomic mass is 9.98. The number of hydrogen-bond donors (Lipinski definition) is 0. The van der Waals surface area contributed by atoms with Gasteiger partial charge in [0, 0.05) is 38.4 Å². The molecule has 3 heterocycles. The van der Waals surface area contributed by atoms with Crippen molar-refractivity contribution in [1.29, 1.82) is 0 Å². The molecule has 0 spiro atoms. The van der Waals surface area contributed by atoms with Crippen LogP contribution in [-0.4, -0.2) is 19.4 Å². The van der Waals surface area contributed by atoms with Crippen LogP contribution in [0.4, 0.5) is 0 Å². The Bertz CT molecular complexity index is 2460. The maximum Gasteiger partial charge on any atom is 0.164 e. The van der Waals surface area contributed by atoms with E-state index in [2.05, 4.69) is 101 Å². The smallest absolute Gasteiger partial charge is 0.164 e. The van der Waals surface area contributed by atoms with E-state index in [0.717, 1.165) is 27.6 Å². The fourth-order valence-electron chi connectivity index (χ4n) is 6.59. The maximum absolute atomic E-state index is 5.03. The standard InChI is InChI=1S/C41H26N4/c1-4-14-27(15-5-1)37-34-26-30(41-43-39(28-16-6-2-7-17-28)42-40(44-41)29-18-8-3-9-19-29)24-25-36(34)45-35-23-13-12-21-32(35)31-20-10-11-22-33(31)38(37)45/h1-26H. The molecule has 0 bridgehead atoms. The van der Waals surface area contributed by atoms with Gasteiger partial charge in [-0.3, -0.25) is 0 Å². The van der Waals surface area contributed by atoms with Crippen LogP contribution in [0.25, 0.3) is 83.4 Å². The second-order valence-corrected chi connectivity index (χ2v) is 11.3. The molecule has 0 aliphatic heterocycles. The number of hydrogen-bond acceptors (Lipinski definition) is 3. The minimum Gasteiger partial charge on any atom is -0.308 e. The highest BCUT2D eigenvalue weighted by Crippen LogP contribution is 2.43. The molecule has 0 aliphatic carbocycles. The van der Waals surface area contributed by atoms with Gasteiger partial charge < -0.3 is 4.40 Å². The fourth-order valence-corrected chi connectivity index (χ4v) is 6.59. The van der Waals surface area contributed by atoms with Gasteiger partial charge >= 0.3 is 0 Å². The van der Waals surface area contributed by atoms with Crippen LogP contribution in [0.5, 0.6) is 0 Å². The highest BCUT2D eigenvalue weighted by molar-refractivity contribution is 6.22. The van der Waals surface area contributed by atoms with Crippen LogP contribution in [0.1, 0.15) is 0 Å². The number of nitrogens with zero attached hydrogens (tertiary/aromatic N) is 4. The van der Waals surface area contributed by atoms with E-state index in [4.69, 9.17) is 15.0 Å². The van der Waals surface area contributed by atoms with E-state index in [1.807, 2.05) is 60.7 Å². The maximum atomic E-state index is 5.03. The summed E-state index contributed by atoms with van der Waals surface area (Å²) in [5.41, 5.74) is 8.77. The van der Waals surface area contributed by atoms with E-state index in [-0.39, 0.29) is 0 Å². The summed E-state index contributed by atoms with van der Waals surface area (Å²) < 4.78 is 2.43. The molecule has 0 atom stereocenters. The van der Waals surface area contributed by atoms with Gasteiger partial charge in [0.25, 0.3) is 0 Å². The van der Waals surface area contributed by atoms with Crippen LogP contribution in [0, 0.1) is 0 Å². The van der Waals surface area contributed by atoms with Crippen molar-refractivity contribution >= 4 is 38.1 Å². The second-order valence-electron chi connectivity index (χ2n) is 11.3. The Hall–Kier alpha value is -6.13. The number of benzene rings is 6. The number of fused-ring (bicyclic) bond motifs is 8. The highest BCUT2D eigenvalue weighted by atomic mass is 15.0. The average molecular weight is 575 g/mol. The van der Waals surface area contributed by atoms with Gasteiger partial charge in [-0.25, -0.2) is 15.0 Å². The average Bonchev–Trinajstić information content (AvgIpc) is 3.48. The molecule has 0 saturated heterocycles. The molecule has 0 N–H and O–H groups in total. The van der Waals surface area contributed by atoms with Crippen LogP contribution in [0.15, 0.2) is 158 Å². The molecule has 0 radical (unpaired) electrons. The monoisotopic (exact) mass is 574 g/mol. The molecule has 0 aliphatic rings. The van der Waals surface area contributed by atoms with Gasteiger partial charge in [-0.05, 0) is 35.2 Å². The summed E-state index contributed by atoms with van der Waals surface area (Å²) in [6, 6.07) is 55.0. The summed E-state index contributed by atoms with van der Waals surface area (Å²) in [4.78, 5) is 15.0. The van der Waals surface area contributed by atoms with E-state index in [1.165, 1.54) is 38.3 Å². The largest absolute Gasteiger partial charge is 0.308 e.